The van der Waals surface area contributed by atoms with Gasteiger partial charge >= 0.3 is 6.61 Å². The number of hydrogen-bond acceptors (Lipinski definition) is 5. The van der Waals surface area contributed by atoms with Gasteiger partial charge in [-0.15, -0.1) is 0 Å². The summed E-state index contributed by atoms with van der Waals surface area (Å²) in [6.07, 6.45) is 0. The first-order valence-electron chi connectivity index (χ1n) is 8.62. The summed E-state index contributed by atoms with van der Waals surface area (Å²) in [4.78, 5) is 24.0. The highest BCUT2D eigenvalue weighted by Crippen LogP contribution is 2.19. The third-order valence-electron chi connectivity index (χ3n) is 3.85. The lowest BCUT2D eigenvalue weighted by atomic mass is 10.1. The van der Waals surface area contributed by atoms with E-state index in [1.54, 1.807) is 12.1 Å². The molecule has 7 nitrogen and oxygen atoms in total. The van der Waals surface area contributed by atoms with Crippen LogP contribution in [0.3, 0.4) is 0 Å². The third-order valence-corrected chi connectivity index (χ3v) is 3.85. The molecule has 0 aliphatic carbocycles. The Kier molecular flexibility index (Phi) is 6.51. The minimum absolute atomic E-state index is 0.0322. The second-order valence-electron chi connectivity index (χ2n) is 5.92. The molecule has 3 rings (SSSR count). The van der Waals surface area contributed by atoms with E-state index >= 15 is 0 Å². The van der Waals surface area contributed by atoms with E-state index < -0.39 is 18.4 Å². The molecule has 0 atom stereocenters. The monoisotopic (exact) mass is 401 g/mol. The van der Waals surface area contributed by atoms with Gasteiger partial charge in [-0.25, -0.2) is 0 Å². The Morgan fingerprint density at radius 2 is 1.76 bits per heavy atom. The summed E-state index contributed by atoms with van der Waals surface area (Å²) in [6.45, 7) is -2.97. The van der Waals surface area contributed by atoms with Gasteiger partial charge < -0.3 is 19.9 Å². The van der Waals surface area contributed by atoms with E-state index in [0.29, 0.717) is 11.3 Å². The average molecular weight is 401 g/mol. The van der Waals surface area contributed by atoms with Crippen molar-refractivity contribution in [3.63, 3.8) is 0 Å². The number of rotatable bonds is 8. The number of nitrogens with one attached hydrogen (secondary N) is 2. The van der Waals surface area contributed by atoms with Crippen LogP contribution in [-0.4, -0.2) is 30.1 Å². The fourth-order valence-corrected chi connectivity index (χ4v) is 2.42. The number of amides is 2. The first kappa shape index (κ1) is 20.0. The molecule has 0 unspecified atom stereocenters. The zero-order valence-corrected chi connectivity index (χ0v) is 15.1. The van der Waals surface area contributed by atoms with E-state index in [-0.39, 0.29) is 24.5 Å². The Bertz CT molecular complexity index is 959. The second-order valence-corrected chi connectivity index (χ2v) is 5.92. The summed E-state index contributed by atoms with van der Waals surface area (Å²) in [5.41, 5.74) is 1.53. The number of carbonyl (C=O) groups excluding carboxylic acids is 2. The Labute approximate surface area is 164 Å². The van der Waals surface area contributed by atoms with E-state index in [1.165, 1.54) is 18.2 Å². The van der Waals surface area contributed by atoms with Crippen molar-refractivity contribution in [1.29, 1.82) is 0 Å². The molecule has 2 aromatic carbocycles. The molecule has 0 aliphatic rings. The molecule has 0 saturated carbocycles. The first-order valence-corrected chi connectivity index (χ1v) is 8.62. The molecule has 1 heterocycles. The highest BCUT2D eigenvalue weighted by atomic mass is 19.3. The van der Waals surface area contributed by atoms with Crippen molar-refractivity contribution in [3.8, 4) is 17.1 Å². The van der Waals surface area contributed by atoms with Gasteiger partial charge in [-0.05, 0) is 17.7 Å². The number of halogens is 2. The fourth-order valence-electron chi connectivity index (χ4n) is 2.42. The van der Waals surface area contributed by atoms with E-state index in [4.69, 9.17) is 4.52 Å². The number of alkyl halides is 2. The molecule has 0 bridgehead atoms. The molecular weight excluding hydrogens is 384 g/mol. The summed E-state index contributed by atoms with van der Waals surface area (Å²) in [6, 6.07) is 16.5. The van der Waals surface area contributed by atoms with E-state index in [0.717, 1.165) is 5.56 Å². The summed E-state index contributed by atoms with van der Waals surface area (Å²) in [5.74, 6) is -0.484. The van der Waals surface area contributed by atoms with Gasteiger partial charge in [-0.2, -0.15) is 8.78 Å². The molecule has 150 valence electrons. The number of carbonyl (C=O) groups is 2. The fraction of sp³-hybridized carbons (Fsp3) is 0.150. The zero-order chi connectivity index (χ0) is 20.6. The first-order chi connectivity index (χ1) is 14.0. The average Bonchev–Trinajstić information content (AvgIpc) is 3.22. The quantitative estimate of drug-likeness (QED) is 0.605. The largest absolute Gasteiger partial charge is 0.435 e. The SMILES string of the molecule is O=C(CNC(=O)c1cc(-c2ccccc2)on1)NCc1ccc(OC(F)F)cc1. The van der Waals surface area contributed by atoms with Crippen molar-refractivity contribution in [2.75, 3.05) is 6.54 Å². The molecule has 0 aliphatic heterocycles. The van der Waals surface area contributed by atoms with Crippen LogP contribution >= 0.6 is 0 Å². The molecule has 29 heavy (non-hydrogen) atoms. The second kappa shape index (κ2) is 9.45. The Balaban J connectivity index is 1.44. The smallest absolute Gasteiger partial charge is 0.387 e. The Morgan fingerprint density at radius 1 is 1.03 bits per heavy atom. The van der Waals surface area contributed by atoms with Gasteiger partial charge in [0.1, 0.15) is 5.75 Å². The minimum atomic E-state index is -2.89. The minimum Gasteiger partial charge on any atom is -0.435 e. The van der Waals surface area contributed by atoms with Gasteiger partial charge in [-0.3, -0.25) is 9.59 Å². The number of aromatic nitrogens is 1. The van der Waals surface area contributed by atoms with Crippen LogP contribution in [0.4, 0.5) is 8.78 Å². The van der Waals surface area contributed by atoms with Gasteiger partial charge in [0.25, 0.3) is 5.91 Å². The summed E-state index contributed by atoms with van der Waals surface area (Å²) in [7, 11) is 0. The molecule has 0 saturated heterocycles. The van der Waals surface area contributed by atoms with E-state index in [1.807, 2.05) is 30.3 Å². The molecule has 3 aromatic rings. The lowest BCUT2D eigenvalue weighted by molar-refractivity contribution is -0.120. The van der Waals surface area contributed by atoms with Gasteiger partial charge in [0.2, 0.25) is 5.91 Å². The number of ether oxygens (including phenoxy) is 1. The number of nitrogens with zero attached hydrogens (tertiary/aromatic N) is 1. The Morgan fingerprint density at radius 3 is 2.45 bits per heavy atom. The van der Waals surface area contributed by atoms with Crippen LogP contribution in [0.25, 0.3) is 11.3 Å². The van der Waals surface area contributed by atoms with Crippen molar-refractivity contribution in [1.82, 2.24) is 15.8 Å². The Hall–Kier alpha value is -3.75. The number of benzene rings is 2. The van der Waals surface area contributed by atoms with E-state index in [2.05, 4.69) is 20.5 Å². The summed E-state index contributed by atoms with van der Waals surface area (Å²) < 4.78 is 33.6. The molecule has 0 fully saturated rings. The predicted molar refractivity (Wildman–Crippen MR) is 99.2 cm³/mol. The van der Waals surface area contributed by atoms with Gasteiger partial charge in [0.05, 0.1) is 6.54 Å². The van der Waals surface area contributed by atoms with Crippen molar-refractivity contribution >= 4 is 11.8 Å². The van der Waals surface area contributed by atoms with Crippen molar-refractivity contribution in [2.24, 2.45) is 0 Å². The zero-order valence-electron chi connectivity index (χ0n) is 15.1. The lowest BCUT2D eigenvalue weighted by Gasteiger charge is -2.08. The van der Waals surface area contributed by atoms with Crippen LogP contribution < -0.4 is 15.4 Å². The maximum atomic E-state index is 12.1. The number of hydrogen-bond donors (Lipinski definition) is 2. The highest BCUT2D eigenvalue weighted by molar-refractivity contribution is 5.95. The molecule has 9 heteroatoms. The topological polar surface area (TPSA) is 93.5 Å². The predicted octanol–water partition coefficient (Wildman–Crippen LogP) is 2.99. The molecular formula is C20H17F2N3O4. The van der Waals surface area contributed by atoms with Gasteiger partial charge in [0.15, 0.2) is 11.5 Å². The van der Waals surface area contributed by atoms with Crippen LogP contribution in [-0.2, 0) is 11.3 Å². The summed E-state index contributed by atoms with van der Waals surface area (Å²) in [5, 5.41) is 8.77. The van der Waals surface area contributed by atoms with Gasteiger partial charge in [0, 0.05) is 18.2 Å². The molecule has 1 aromatic heterocycles. The van der Waals surface area contributed by atoms with Crippen LogP contribution in [0.2, 0.25) is 0 Å². The van der Waals surface area contributed by atoms with Crippen LogP contribution in [0, 0.1) is 0 Å². The highest BCUT2D eigenvalue weighted by Gasteiger charge is 2.14. The standard InChI is InChI=1S/C20H17F2N3O4/c21-20(22)28-15-8-6-13(7-9-15)11-23-18(26)12-24-19(27)16-10-17(29-25-16)14-4-2-1-3-5-14/h1-10,20H,11-12H2,(H,23,26)(H,24,27). The van der Waals surface area contributed by atoms with Crippen molar-refractivity contribution in [2.45, 2.75) is 13.2 Å². The summed E-state index contributed by atoms with van der Waals surface area (Å²) >= 11 is 0. The lowest BCUT2D eigenvalue weighted by Crippen LogP contribution is -2.36. The van der Waals surface area contributed by atoms with Crippen LogP contribution in [0.1, 0.15) is 16.1 Å². The van der Waals surface area contributed by atoms with Crippen LogP contribution in [0.15, 0.2) is 65.2 Å². The normalized spacial score (nSPS) is 10.6. The molecule has 0 spiro atoms. The van der Waals surface area contributed by atoms with Crippen LogP contribution in [0.5, 0.6) is 5.75 Å². The molecule has 2 N–H and O–H groups in total. The maximum absolute atomic E-state index is 12.1. The molecule has 0 radical (unpaired) electrons. The van der Waals surface area contributed by atoms with Crippen molar-refractivity contribution < 1.29 is 27.6 Å². The molecule has 2 amide bonds. The van der Waals surface area contributed by atoms with Crippen molar-refractivity contribution in [3.05, 3.63) is 71.9 Å². The van der Waals surface area contributed by atoms with E-state index in [9.17, 15) is 18.4 Å². The van der Waals surface area contributed by atoms with Gasteiger partial charge in [-0.1, -0.05) is 47.6 Å². The maximum Gasteiger partial charge on any atom is 0.387 e. The third kappa shape index (κ3) is 5.86.